The van der Waals surface area contributed by atoms with Crippen molar-refractivity contribution < 1.29 is 31.5 Å². The summed E-state index contributed by atoms with van der Waals surface area (Å²) in [4.78, 5) is 0.0765. The van der Waals surface area contributed by atoms with E-state index in [0.717, 1.165) is 5.56 Å². The fraction of sp³-hybridized carbons (Fsp3) is 0.462. The maximum atomic E-state index is 13.3. The summed E-state index contributed by atoms with van der Waals surface area (Å²) in [7, 11) is -2.56. The van der Waals surface area contributed by atoms with Crippen LogP contribution in [-0.4, -0.2) is 46.4 Å². The molecule has 1 aliphatic heterocycles. The van der Waals surface area contributed by atoms with Crippen LogP contribution in [0.25, 0.3) is 0 Å². The summed E-state index contributed by atoms with van der Waals surface area (Å²) < 4.78 is 56.0. The van der Waals surface area contributed by atoms with Crippen LogP contribution in [0.4, 0.5) is 0 Å². The Bertz CT molecular complexity index is 1020. The Hall–Kier alpha value is -2.07. The van der Waals surface area contributed by atoms with Gasteiger partial charge in [-0.25, -0.2) is 0 Å². The molecular formula is C26H34O7S. The average Bonchev–Trinajstić information content (AvgIpc) is 3.13. The van der Waals surface area contributed by atoms with Crippen molar-refractivity contribution in [2.75, 3.05) is 13.9 Å². The molecule has 0 spiro atoms. The Morgan fingerprint density at radius 3 is 2.32 bits per heavy atom. The van der Waals surface area contributed by atoms with E-state index in [9.17, 15) is 8.42 Å². The van der Waals surface area contributed by atoms with E-state index in [1.165, 1.54) is 12.1 Å². The van der Waals surface area contributed by atoms with E-state index in [1.54, 1.807) is 39.2 Å². The van der Waals surface area contributed by atoms with Crippen molar-refractivity contribution in [2.45, 2.75) is 68.7 Å². The van der Waals surface area contributed by atoms with Crippen LogP contribution < -0.4 is 0 Å². The van der Waals surface area contributed by atoms with Gasteiger partial charge in [0.25, 0.3) is 10.1 Å². The fourth-order valence-corrected chi connectivity index (χ4v) is 5.03. The smallest absolute Gasteiger partial charge is 0.297 e. The number of hydrogen-bond acceptors (Lipinski definition) is 7. The highest BCUT2D eigenvalue weighted by Crippen LogP contribution is 2.41. The summed E-state index contributed by atoms with van der Waals surface area (Å²) in [5.74, 6) is -0.970. The number of allylic oxidation sites excluding steroid dienone is 1. The Morgan fingerprint density at radius 2 is 1.71 bits per heavy atom. The minimum Gasteiger partial charge on any atom is -0.359 e. The van der Waals surface area contributed by atoms with Gasteiger partial charge in [-0.15, -0.1) is 6.58 Å². The van der Waals surface area contributed by atoms with Crippen molar-refractivity contribution in [3.63, 3.8) is 0 Å². The van der Waals surface area contributed by atoms with Crippen LogP contribution >= 0.6 is 0 Å². The number of benzene rings is 2. The van der Waals surface area contributed by atoms with Crippen LogP contribution in [0.5, 0.6) is 0 Å². The van der Waals surface area contributed by atoms with Crippen LogP contribution in [0.15, 0.2) is 72.1 Å². The Labute approximate surface area is 202 Å². The maximum Gasteiger partial charge on any atom is 0.297 e. The molecule has 34 heavy (non-hydrogen) atoms. The number of rotatable bonds is 12. The van der Waals surface area contributed by atoms with Crippen molar-refractivity contribution in [2.24, 2.45) is 0 Å². The second-order valence-electron chi connectivity index (χ2n) is 8.74. The highest BCUT2D eigenvalue weighted by atomic mass is 32.2. The summed E-state index contributed by atoms with van der Waals surface area (Å²) in [6, 6.07) is 15.7. The van der Waals surface area contributed by atoms with Gasteiger partial charge in [-0.2, -0.15) is 8.42 Å². The molecule has 1 fully saturated rings. The minimum atomic E-state index is -4.10. The normalized spacial score (nSPS) is 21.8. The van der Waals surface area contributed by atoms with Crippen LogP contribution in [0.3, 0.4) is 0 Å². The molecule has 4 atom stereocenters. The van der Waals surface area contributed by atoms with Gasteiger partial charge in [0.2, 0.25) is 0 Å². The Kier molecular flexibility index (Phi) is 9.03. The van der Waals surface area contributed by atoms with Crippen molar-refractivity contribution in [3.8, 4) is 0 Å². The first-order valence-electron chi connectivity index (χ1n) is 11.3. The molecule has 0 aromatic heterocycles. The summed E-state index contributed by atoms with van der Waals surface area (Å²) in [6.45, 7) is 9.33. The lowest BCUT2D eigenvalue weighted by Crippen LogP contribution is -2.42. The summed E-state index contributed by atoms with van der Waals surface area (Å²) >= 11 is 0. The molecule has 2 aromatic rings. The topological polar surface area (TPSA) is 80.3 Å². The standard InChI is InChI=1S/C26H34O7S/c1-6-7-13-22(30-18-29-5)24-25(32-26(3,4)31-24)23(20-11-9-8-10-12-20)33-34(27,28)21-16-14-19(2)15-17-21/h6,8-12,14-17,22-25H,1,7,13,18H2,2-5H3/t22-,23-,24+,25+/m0/s1. The highest BCUT2D eigenvalue weighted by molar-refractivity contribution is 7.86. The third-order valence-electron chi connectivity index (χ3n) is 5.55. The zero-order valence-corrected chi connectivity index (χ0v) is 21.0. The molecule has 1 heterocycles. The van der Waals surface area contributed by atoms with Gasteiger partial charge in [-0.05, 0) is 51.3 Å². The van der Waals surface area contributed by atoms with E-state index in [-0.39, 0.29) is 11.7 Å². The Balaban J connectivity index is 2.00. The molecule has 8 heteroatoms. The largest absolute Gasteiger partial charge is 0.359 e. The van der Waals surface area contributed by atoms with Crippen molar-refractivity contribution in [1.82, 2.24) is 0 Å². The molecule has 0 N–H and O–H groups in total. The average molecular weight is 491 g/mol. The molecule has 1 saturated heterocycles. The first kappa shape index (κ1) is 26.5. The van der Waals surface area contributed by atoms with Gasteiger partial charge in [0.15, 0.2) is 5.79 Å². The predicted molar refractivity (Wildman–Crippen MR) is 129 cm³/mol. The first-order valence-corrected chi connectivity index (χ1v) is 12.7. The van der Waals surface area contributed by atoms with Gasteiger partial charge in [-0.1, -0.05) is 54.1 Å². The lowest BCUT2D eigenvalue weighted by atomic mass is 9.95. The number of methoxy groups -OCH3 is 1. The number of aryl methyl sites for hydroxylation is 1. The van der Waals surface area contributed by atoms with Crippen molar-refractivity contribution in [1.29, 1.82) is 0 Å². The monoisotopic (exact) mass is 490 g/mol. The molecule has 3 rings (SSSR count). The molecule has 1 aliphatic rings. The minimum absolute atomic E-state index is 0.0628. The molecule has 186 valence electrons. The molecule has 0 aliphatic carbocycles. The molecule has 0 unspecified atom stereocenters. The lowest BCUT2D eigenvalue weighted by Gasteiger charge is -2.30. The Morgan fingerprint density at radius 1 is 1.06 bits per heavy atom. The van der Waals surface area contributed by atoms with Gasteiger partial charge in [0, 0.05) is 7.11 Å². The van der Waals surface area contributed by atoms with E-state index in [0.29, 0.717) is 18.4 Å². The lowest BCUT2D eigenvalue weighted by molar-refractivity contribution is -0.171. The van der Waals surface area contributed by atoms with Crippen LogP contribution in [-0.2, 0) is 33.2 Å². The zero-order valence-electron chi connectivity index (χ0n) is 20.2. The van der Waals surface area contributed by atoms with Gasteiger partial charge < -0.3 is 18.9 Å². The van der Waals surface area contributed by atoms with Gasteiger partial charge in [-0.3, -0.25) is 4.18 Å². The van der Waals surface area contributed by atoms with Gasteiger partial charge in [0.05, 0.1) is 11.0 Å². The molecule has 2 aromatic carbocycles. The zero-order chi connectivity index (χ0) is 24.8. The SMILES string of the molecule is C=CCC[C@H](OCOC)[C@H]1OC(C)(C)O[C@@H]1[C@@H](OS(=O)(=O)c1ccc(C)cc1)c1ccccc1. The predicted octanol–water partition coefficient (Wildman–Crippen LogP) is 4.92. The molecular weight excluding hydrogens is 456 g/mol. The number of ether oxygens (including phenoxy) is 4. The van der Waals surface area contributed by atoms with Gasteiger partial charge >= 0.3 is 0 Å². The van der Waals surface area contributed by atoms with E-state index >= 15 is 0 Å². The molecule has 0 saturated carbocycles. The first-order chi connectivity index (χ1) is 16.2. The van der Waals surface area contributed by atoms with Crippen LogP contribution in [0.1, 0.15) is 43.9 Å². The second kappa shape index (κ2) is 11.6. The van der Waals surface area contributed by atoms with Crippen LogP contribution in [0.2, 0.25) is 0 Å². The maximum absolute atomic E-state index is 13.3. The highest BCUT2D eigenvalue weighted by Gasteiger charge is 2.50. The summed E-state index contributed by atoms with van der Waals surface area (Å²) in [6.07, 6.45) is 0.317. The van der Waals surface area contributed by atoms with E-state index < -0.39 is 40.3 Å². The van der Waals surface area contributed by atoms with E-state index in [1.807, 2.05) is 37.3 Å². The van der Waals surface area contributed by atoms with Crippen molar-refractivity contribution >= 4 is 10.1 Å². The van der Waals surface area contributed by atoms with E-state index in [4.69, 9.17) is 23.1 Å². The van der Waals surface area contributed by atoms with Gasteiger partial charge in [0.1, 0.15) is 25.1 Å². The third-order valence-corrected chi connectivity index (χ3v) is 6.86. The quantitative estimate of drug-likeness (QED) is 0.237. The molecule has 0 amide bonds. The molecule has 0 radical (unpaired) electrons. The van der Waals surface area contributed by atoms with E-state index in [2.05, 4.69) is 6.58 Å². The summed E-state index contributed by atoms with van der Waals surface area (Å²) in [5, 5.41) is 0. The summed E-state index contributed by atoms with van der Waals surface area (Å²) in [5.41, 5.74) is 1.61. The fourth-order valence-electron chi connectivity index (χ4n) is 3.96. The number of hydrogen-bond donors (Lipinski definition) is 0. The third kappa shape index (κ3) is 6.75. The van der Waals surface area contributed by atoms with Crippen LogP contribution in [0, 0.1) is 6.92 Å². The second-order valence-corrected chi connectivity index (χ2v) is 10.3. The van der Waals surface area contributed by atoms with Crippen molar-refractivity contribution in [3.05, 3.63) is 78.4 Å². The molecule has 0 bridgehead atoms. The molecule has 7 nitrogen and oxygen atoms in total.